The lowest BCUT2D eigenvalue weighted by Crippen LogP contribution is -2.30. The van der Waals surface area contributed by atoms with Crippen molar-refractivity contribution in [2.45, 2.75) is 44.8 Å². The van der Waals surface area contributed by atoms with E-state index in [1.165, 1.54) is 12.8 Å². The van der Waals surface area contributed by atoms with Crippen molar-refractivity contribution in [1.82, 2.24) is 5.32 Å². The van der Waals surface area contributed by atoms with E-state index in [0.717, 1.165) is 30.5 Å². The Labute approximate surface area is 96.1 Å². The Bertz CT molecular complexity index is 249. The Hall–Kier alpha value is -0.220. The second kappa shape index (κ2) is 4.74. The van der Waals surface area contributed by atoms with Gasteiger partial charge in [0.1, 0.15) is 0 Å². The molecule has 2 atom stereocenters. The highest BCUT2D eigenvalue weighted by molar-refractivity contribution is 8.14. The third-order valence-corrected chi connectivity index (χ3v) is 4.19. The number of hydrogen-bond donors (Lipinski definition) is 1. The minimum absolute atomic E-state index is 0.000455. The molecule has 3 nitrogen and oxygen atoms in total. The van der Waals surface area contributed by atoms with Crippen LogP contribution in [0.3, 0.4) is 0 Å². The minimum Gasteiger partial charge on any atom is -0.373 e. The smallest absolute Gasteiger partial charge is 0.156 e. The summed E-state index contributed by atoms with van der Waals surface area (Å²) in [7, 11) is 0. The predicted molar refractivity (Wildman–Crippen MR) is 65.6 cm³/mol. The van der Waals surface area contributed by atoms with Gasteiger partial charge in [0.15, 0.2) is 5.17 Å². The number of rotatable bonds is 3. The fourth-order valence-electron chi connectivity index (χ4n) is 1.95. The second-order valence-electron chi connectivity index (χ2n) is 4.58. The minimum atomic E-state index is -0.000455. The molecular weight excluding hydrogens is 208 g/mol. The first-order valence-electron chi connectivity index (χ1n) is 5.79. The Morgan fingerprint density at radius 3 is 3.13 bits per heavy atom. The number of nitrogens with one attached hydrogen (secondary N) is 1. The first kappa shape index (κ1) is 11.3. The standard InChI is InChI=1S/C11H20N2OS/c1-3-9-7-15-10(13-9)12-8-11(2)5-4-6-14-11/h9H,3-8H2,1-2H3,(H,12,13). The van der Waals surface area contributed by atoms with E-state index in [9.17, 15) is 0 Å². The van der Waals surface area contributed by atoms with Crippen LogP contribution in [0.5, 0.6) is 0 Å². The van der Waals surface area contributed by atoms with Crippen molar-refractivity contribution in [2.75, 3.05) is 18.9 Å². The molecule has 0 aromatic carbocycles. The normalized spacial score (nSPS) is 38.5. The highest BCUT2D eigenvalue weighted by Crippen LogP contribution is 2.26. The molecule has 0 spiro atoms. The fourth-order valence-corrected chi connectivity index (χ4v) is 3.03. The first-order valence-corrected chi connectivity index (χ1v) is 6.78. The van der Waals surface area contributed by atoms with Gasteiger partial charge >= 0.3 is 0 Å². The molecule has 2 heterocycles. The molecule has 0 saturated carbocycles. The van der Waals surface area contributed by atoms with Crippen molar-refractivity contribution in [3.8, 4) is 0 Å². The number of nitrogens with zero attached hydrogens (tertiary/aromatic N) is 1. The zero-order valence-electron chi connectivity index (χ0n) is 9.58. The fraction of sp³-hybridized carbons (Fsp3) is 0.909. The predicted octanol–water partition coefficient (Wildman–Crippen LogP) is 2.03. The van der Waals surface area contributed by atoms with Gasteiger partial charge in [-0.05, 0) is 26.2 Å². The Kier molecular flexibility index (Phi) is 3.57. The molecule has 0 aliphatic carbocycles. The number of aliphatic imine (C=N–C) groups is 1. The summed E-state index contributed by atoms with van der Waals surface area (Å²) in [6.07, 6.45) is 3.50. The lowest BCUT2D eigenvalue weighted by atomic mass is 10.0. The summed E-state index contributed by atoms with van der Waals surface area (Å²) in [6, 6.07) is 0.617. The highest BCUT2D eigenvalue weighted by Gasteiger charge is 2.30. The maximum atomic E-state index is 5.71. The van der Waals surface area contributed by atoms with Gasteiger partial charge < -0.3 is 10.1 Å². The van der Waals surface area contributed by atoms with Gasteiger partial charge in [0.2, 0.25) is 0 Å². The highest BCUT2D eigenvalue weighted by atomic mass is 32.2. The van der Waals surface area contributed by atoms with Crippen LogP contribution in [-0.4, -0.2) is 35.7 Å². The van der Waals surface area contributed by atoms with E-state index in [1.807, 2.05) is 11.8 Å². The maximum absolute atomic E-state index is 5.71. The van der Waals surface area contributed by atoms with Crippen molar-refractivity contribution in [2.24, 2.45) is 4.99 Å². The van der Waals surface area contributed by atoms with Crippen LogP contribution in [0.25, 0.3) is 0 Å². The van der Waals surface area contributed by atoms with E-state index in [-0.39, 0.29) is 5.60 Å². The van der Waals surface area contributed by atoms with E-state index >= 15 is 0 Å². The first-order chi connectivity index (χ1) is 7.22. The number of hydrogen-bond acceptors (Lipinski definition) is 3. The van der Waals surface area contributed by atoms with Crippen molar-refractivity contribution in [3.63, 3.8) is 0 Å². The molecule has 2 saturated heterocycles. The zero-order chi connectivity index (χ0) is 10.7. The monoisotopic (exact) mass is 228 g/mol. The van der Waals surface area contributed by atoms with Crippen molar-refractivity contribution in [1.29, 1.82) is 0 Å². The summed E-state index contributed by atoms with van der Waals surface area (Å²) in [6.45, 7) is 6.09. The SMILES string of the molecule is CCC1CSC(=NCC2(C)CCCO2)N1. The molecule has 86 valence electrons. The lowest BCUT2D eigenvalue weighted by Gasteiger charge is -2.20. The van der Waals surface area contributed by atoms with E-state index in [2.05, 4.69) is 24.2 Å². The van der Waals surface area contributed by atoms with Gasteiger partial charge in [0, 0.05) is 18.4 Å². The largest absolute Gasteiger partial charge is 0.373 e. The van der Waals surface area contributed by atoms with Gasteiger partial charge in [-0.25, -0.2) is 0 Å². The molecule has 15 heavy (non-hydrogen) atoms. The summed E-state index contributed by atoms with van der Waals surface area (Å²) in [4.78, 5) is 4.62. The number of thioether (sulfide) groups is 1. The van der Waals surface area contributed by atoms with E-state index in [4.69, 9.17) is 4.74 Å². The molecule has 0 bridgehead atoms. The average Bonchev–Trinajstić information content (AvgIpc) is 2.84. The number of ether oxygens (including phenoxy) is 1. The van der Waals surface area contributed by atoms with Crippen molar-refractivity contribution in [3.05, 3.63) is 0 Å². The summed E-state index contributed by atoms with van der Waals surface area (Å²) in [5.74, 6) is 1.16. The van der Waals surface area contributed by atoms with Crippen LogP contribution in [0.4, 0.5) is 0 Å². The van der Waals surface area contributed by atoms with Gasteiger partial charge in [-0.1, -0.05) is 18.7 Å². The van der Waals surface area contributed by atoms with Crippen LogP contribution in [0, 0.1) is 0 Å². The molecular formula is C11H20N2OS. The third kappa shape index (κ3) is 2.88. The molecule has 4 heteroatoms. The van der Waals surface area contributed by atoms with Crippen LogP contribution in [0.15, 0.2) is 4.99 Å². The molecule has 1 N–H and O–H groups in total. The van der Waals surface area contributed by atoms with Crippen LogP contribution in [-0.2, 0) is 4.74 Å². The van der Waals surface area contributed by atoms with Crippen LogP contribution >= 0.6 is 11.8 Å². The van der Waals surface area contributed by atoms with Crippen LogP contribution in [0.2, 0.25) is 0 Å². The molecule has 2 fully saturated rings. The molecule has 2 rings (SSSR count). The molecule has 0 aromatic heterocycles. The van der Waals surface area contributed by atoms with Crippen molar-refractivity contribution >= 4 is 16.9 Å². The van der Waals surface area contributed by atoms with E-state index < -0.39 is 0 Å². The Balaban J connectivity index is 1.84. The third-order valence-electron chi connectivity index (χ3n) is 3.10. The van der Waals surface area contributed by atoms with Crippen molar-refractivity contribution < 1.29 is 4.74 Å². The van der Waals surface area contributed by atoms with Crippen LogP contribution < -0.4 is 5.32 Å². The van der Waals surface area contributed by atoms with Gasteiger partial charge in [0.25, 0.3) is 0 Å². The molecule has 0 aromatic rings. The van der Waals surface area contributed by atoms with Crippen LogP contribution in [0.1, 0.15) is 33.1 Å². The zero-order valence-corrected chi connectivity index (χ0v) is 10.4. The Morgan fingerprint density at radius 1 is 1.67 bits per heavy atom. The van der Waals surface area contributed by atoms with E-state index in [0.29, 0.717) is 6.04 Å². The topological polar surface area (TPSA) is 33.6 Å². The summed E-state index contributed by atoms with van der Waals surface area (Å²) >= 11 is 1.84. The maximum Gasteiger partial charge on any atom is 0.156 e. The quantitative estimate of drug-likeness (QED) is 0.802. The lowest BCUT2D eigenvalue weighted by molar-refractivity contribution is 0.0285. The van der Waals surface area contributed by atoms with Gasteiger partial charge in [-0.15, -0.1) is 0 Å². The molecule has 2 aliphatic rings. The molecule has 2 aliphatic heterocycles. The van der Waals surface area contributed by atoms with Gasteiger partial charge in [0.05, 0.1) is 12.1 Å². The summed E-state index contributed by atoms with van der Waals surface area (Å²) in [5.41, 5.74) is -0.000455. The molecule has 0 amide bonds. The van der Waals surface area contributed by atoms with E-state index in [1.54, 1.807) is 0 Å². The second-order valence-corrected chi connectivity index (χ2v) is 5.59. The van der Waals surface area contributed by atoms with Gasteiger partial charge in [-0.3, -0.25) is 4.99 Å². The average molecular weight is 228 g/mol. The molecule has 0 radical (unpaired) electrons. The Morgan fingerprint density at radius 2 is 2.53 bits per heavy atom. The summed E-state index contributed by atoms with van der Waals surface area (Å²) in [5, 5.41) is 4.55. The number of amidine groups is 1. The summed E-state index contributed by atoms with van der Waals surface area (Å²) < 4.78 is 5.71. The molecule has 2 unspecified atom stereocenters. The van der Waals surface area contributed by atoms with Gasteiger partial charge in [-0.2, -0.15) is 0 Å².